The number of nitrogens with one attached hydrogen (secondary N) is 1. The zero-order valence-corrected chi connectivity index (χ0v) is 13.1. The number of carbonyl (C=O) groups excluding carboxylic acids is 1. The van der Waals surface area contributed by atoms with Crippen LogP contribution in [-0.4, -0.2) is 41.9 Å². The van der Waals surface area contributed by atoms with E-state index in [1.54, 1.807) is 13.8 Å². The summed E-state index contributed by atoms with van der Waals surface area (Å²) in [6.07, 6.45) is 0.984. The Labute approximate surface area is 121 Å². The number of carboxylic acid groups (broad SMARTS) is 1. The molecule has 7 nitrogen and oxygen atoms in total. The summed E-state index contributed by atoms with van der Waals surface area (Å²) in [4.78, 5) is 26.9. The van der Waals surface area contributed by atoms with Crippen LogP contribution in [0.3, 0.4) is 0 Å². The molecule has 1 heterocycles. The van der Waals surface area contributed by atoms with Crippen molar-refractivity contribution in [2.45, 2.75) is 32.1 Å². The Bertz CT molecular complexity index is 635. The van der Waals surface area contributed by atoms with Gasteiger partial charge in [0.25, 0.3) is 0 Å². The van der Waals surface area contributed by atoms with Gasteiger partial charge in [-0.15, -0.1) is 11.3 Å². The van der Waals surface area contributed by atoms with E-state index >= 15 is 0 Å². The Morgan fingerprint density at radius 1 is 1.35 bits per heavy atom. The summed E-state index contributed by atoms with van der Waals surface area (Å²) < 4.78 is 22.6. The Hall–Kier alpha value is -1.48. The number of carbonyl (C=O) groups is 2. The van der Waals surface area contributed by atoms with E-state index in [9.17, 15) is 18.0 Å². The molecule has 0 aliphatic carbocycles. The molecular formula is C11H16N2O5S2. The minimum absolute atomic E-state index is 0.109. The van der Waals surface area contributed by atoms with Gasteiger partial charge in [-0.3, -0.25) is 4.79 Å². The van der Waals surface area contributed by atoms with E-state index in [0.29, 0.717) is 10.7 Å². The topological polar surface area (TPSA) is 113 Å². The van der Waals surface area contributed by atoms with Crippen LogP contribution in [0.4, 0.5) is 0 Å². The minimum Gasteiger partial charge on any atom is -0.477 e. The number of nitrogens with zero attached hydrogens (tertiary/aromatic N) is 1. The maximum Gasteiger partial charge on any atom is 0.347 e. The molecule has 0 aromatic carbocycles. The molecule has 2 unspecified atom stereocenters. The third kappa shape index (κ3) is 3.76. The maximum absolute atomic E-state index is 11.8. The van der Waals surface area contributed by atoms with Crippen molar-refractivity contribution in [3.05, 3.63) is 15.6 Å². The molecule has 1 aromatic rings. The molecule has 1 aromatic heterocycles. The zero-order valence-electron chi connectivity index (χ0n) is 11.5. The van der Waals surface area contributed by atoms with Crippen molar-refractivity contribution in [3.8, 4) is 0 Å². The first-order chi connectivity index (χ1) is 9.04. The van der Waals surface area contributed by atoms with Gasteiger partial charge in [0.05, 0.1) is 11.7 Å². The van der Waals surface area contributed by atoms with Gasteiger partial charge < -0.3 is 10.4 Å². The van der Waals surface area contributed by atoms with Crippen LogP contribution in [0.15, 0.2) is 0 Å². The van der Waals surface area contributed by atoms with Crippen LogP contribution in [0.25, 0.3) is 0 Å². The first-order valence-electron chi connectivity index (χ1n) is 5.74. The molecule has 0 saturated carbocycles. The highest BCUT2D eigenvalue weighted by Gasteiger charge is 2.26. The number of thiazole rings is 1. The quantitative estimate of drug-likeness (QED) is 0.828. The first-order valence-corrected chi connectivity index (χ1v) is 8.51. The molecule has 0 spiro atoms. The highest BCUT2D eigenvalue weighted by molar-refractivity contribution is 7.92. The fourth-order valence-electron chi connectivity index (χ4n) is 1.39. The van der Waals surface area contributed by atoms with E-state index in [2.05, 4.69) is 10.3 Å². The molecule has 1 amide bonds. The number of carboxylic acids is 1. The highest BCUT2D eigenvalue weighted by Crippen LogP contribution is 2.23. The Morgan fingerprint density at radius 3 is 2.30 bits per heavy atom. The van der Waals surface area contributed by atoms with Gasteiger partial charge in [-0.25, -0.2) is 18.2 Å². The molecule has 2 N–H and O–H groups in total. The van der Waals surface area contributed by atoms with Gasteiger partial charge in [-0.05, 0) is 20.8 Å². The van der Waals surface area contributed by atoms with Crippen LogP contribution < -0.4 is 5.32 Å². The van der Waals surface area contributed by atoms with Crippen molar-refractivity contribution >= 4 is 33.1 Å². The third-order valence-electron chi connectivity index (χ3n) is 2.75. The van der Waals surface area contributed by atoms with Crippen molar-refractivity contribution < 1.29 is 23.1 Å². The van der Waals surface area contributed by atoms with Crippen LogP contribution in [0, 0.1) is 6.92 Å². The SMILES string of the molecule is Cc1nc(C(C)NC(=O)C(C)S(C)(=O)=O)sc1C(=O)O. The molecule has 20 heavy (non-hydrogen) atoms. The smallest absolute Gasteiger partial charge is 0.347 e. The standard InChI is InChI=1S/C11H16N2O5S2/c1-5-8(11(15)16)19-10(13-5)6(2)12-9(14)7(3)20(4,17)18/h6-7H,1-4H3,(H,12,14)(H,15,16). The molecule has 0 saturated heterocycles. The van der Waals surface area contributed by atoms with Crippen molar-refractivity contribution in [1.82, 2.24) is 10.3 Å². The van der Waals surface area contributed by atoms with Gasteiger partial charge in [0.2, 0.25) is 5.91 Å². The Balaban J connectivity index is 2.87. The highest BCUT2D eigenvalue weighted by atomic mass is 32.2. The van der Waals surface area contributed by atoms with E-state index in [0.717, 1.165) is 17.6 Å². The monoisotopic (exact) mass is 320 g/mol. The summed E-state index contributed by atoms with van der Waals surface area (Å²) in [6.45, 7) is 4.49. The minimum atomic E-state index is -3.47. The summed E-state index contributed by atoms with van der Waals surface area (Å²) in [6, 6.07) is -0.552. The van der Waals surface area contributed by atoms with Crippen molar-refractivity contribution in [1.29, 1.82) is 0 Å². The number of aromatic carboxylic acids is 1. The molecule has 9 heteroatoms. The third-order valence-corrected chi connectivity index (χ3v) is 5.57. The van der Waals surface area contributed by atoms with Crippen LogP contribution in [-0.2, 0) is 14.6 Å². The lowest BCUT2D eigenvalue weighted by Gasteiger charge is -2.14. The molecule has 0 aliphatic rings. The second-order valence-corrected chi connectivity index (χ2v) is 7.87. The largest absolute Gasteiger partial charge is 0.477 e. The van der Waals surface area contributed by atoms with Gasteiger partial charge in [0, 0.05) is 6.26 Å². The summed E-state index contributed by atoms with van der Waals surface area (Å²) >= 11 is 0.962. The Kier molecular flexibility index (Phi) is 4.87. The Morgan fingerprint density at radius 2 is 1.90 bits per heavy atom. The van der Waals surface area contributed by atoms with Crippen LogP contribution in [0.1, 0.15) is 40.3 Å². The molecule has 0 radical (unpaired) electrons. The lowest BCUT2D eigenvalue weighted by Crippen LogP contribution is -2.38. The maximum atomic E-state index is 11.8. The fourth-order valence-corrected chi connectivity index (χ4v) is 2.75. The van der Waals surface area contributed by atoms with Gasteiger partial charge in [-0.2, -0.15) is 0 Å². The number of amides is 1. The summed E-state index contributed by atoms with van der Waals surface area (Å²) in [5.41, 5.74) is 0.370. The zero-order chi connectivity index (χ0) is 15.7. The lowest BCUT2D eigenvalue weighted by molar-refractivity contribution is -0.121. The molecule has 112 valence electrons. The van der Waals surface area contributed by atoms with Gasteiger partial charge in [-0.1, -0.05) is 0 Å². The number of rotatable bonds is 5. The van der Waals surface area contributed by atoms with Crippen molar-refractivity contribution in [2.24, 2.45) is 0 Å². The average Bonchev–Trinajstić information content (AvgIpc) is 2.69. The lowest BCUT2D eigenvalue weighted by atomic mass is 10.3. The normalized spacial score (nSPS) is 14.6. The molecule has 1 rings (SSSR count). The van der Waals surface area contributed by atoms with E-state index in [1.807, 2.05) is 0 Å². The summed E-state index contributed by atoms with van der Waals surface area (Å²) in [7, 11) is -3.47. The number of hydrogen-bond donors (Lipinski definition) is 2. The summed E-state index contributed by atoms with van der Waals surface area (Å²) in [5.74, 6) is -1.71. The number of sulfone groups is 1. The second kappa shape index (κ2) is 5.88. The van der Waals surface area contributed by atoms with E-state index in [4.69, 9.17) is 5.11 Å². The van der Waals surface area contributed by atoms with Crippen LogP contribution >= 0.6 is 11.3 Å². The average molecular weight is 320 g/mol. The molecule has 2 atom stereocenters. The van der Waals surface area contributed by atoms with Gasteiger partial charge in [0.1, 0.15) is 15.1 Å². The number of hydrogen-bond acceptors (Lipinski definition) is 6. The van der Waals surface area contributed by atoms with Gasteiger partial charge >= 0.3 is 5.97 Å². The molecule has 0 bridgehead atoms. The van der Waals surface area contributed by atoms with Crippen molar-refractivity contribution in [3.63, 3.8) is 0 Å². The predicted molar refractivity (Wildman–Crippen MR) is 74.7 cm³/mol. The van der Waals surface area contributed by atoms with E-state index in [-0.39, 0.29) is 4.88 Å². The summed E-state index contributed by atoms with van der Waals surface area (Å²) in [5, 5.41) is 10.7. The van der Waals surface area contributed by atoms with Gasteiger partial charge in [0.15, 0.2) is 9.84 Å². The predicted octanol–water partition coefficient (Wildman–Crippen LogP) is 0.760. The molecule has 0 fully saturated rings. The first kappa shape index (κ1) is 16.6. The van der Waals surface area contributed by atoms with E-state index < -0.39 is 33.0 Å². The van der Waals surface area contributed by atoms with E-state index in [1.165, 1.54) is 6.92 Å². The number of aryl methyl sites for hydroxylation is 1. The molecular weight excluding hydrogens is 304 g/mol. The second-order valence-electron chi connectivity index (χ2n) is 4.47. The van der Waals surface area contributed by atoms with Crippen molar-refractivity contribution in [2.75, 3.05) is 6.26 Å². The number of aromatic nitrogens is 1. The fraction of sp³-hybridized carbons (Fsp3) is 0.545. The van der Waals surface area contributed by atoms with Crippen LogP contribution in [0.5, 0.6) is 0 Å². The van der Waals surface area contributed by atoms with Crippen LogP contribution in [0.2, 0.25) is 0 Å². The molecule has 0 aliphatic heterocycles.